The topological polar surface area (TPSA) is 74.3 Å². The first kappa shape index (κ1) is 24.4. The number of anilines is 2. The highest BCUT2D eigenvalue weighted by Gasteiger charge is 2.15. The molecule has 0 fully saturated rings. The number of amides is 2. The van der Waals surface area contributed by atoms with Crippen molar-refractivity contribution in [2.75, 3.05) is 24.3 Å². The molecule has 0 saturated heterocycles. The second-order valence-electron chi connectivity index (χ2n) is 8.09. The van der Waals surface area contributed by atoms with Gasteiger partial charge in [0, 0.05) is 50.8 Å². The second-order valence-corrected chi connectivity index (χ2v) is 8.09. The molecule has 0 bridgehead atoms. The minimum absolute atomic E-state index is 0.00659. The molecule has 1 aromatic heterocycles. The Kier molecular flexibility index (Phi) is 10.6. The summed E-state index contributed by atoms with van der Waals surface area (Å²) < 4.78 is 0. The molecule has 31 heavy (non-hydrogen) atoms. The third kappa shape index (κ3) is 8.79. The van der Waals surface area contributed by atoms with Gasteiger partial charge in [0.05, 0.1) is 5.56 Å². The molecule has 0 radical (unpaired) electrons. The standard InChI is InChI=1S/C25H36N4O2/c1-4-5-6-7-8-9-10-13-24(30)28-21-14-15-23(29(2)3)22(17-21)25(31)27-19-20-12-11-16-26-18-20/h11-12,14-18H,4-10,13,19H2,1-3H3,(H,27,31)(H,28,30). The Labute approximate surface area is 186 Å². The Hall–Kier alpha value is -2.89. The van der Waals surface area contributed by atoms with Gasteiger partial charge in [-0.3, -0.25) is 14.6 Å². The molecule has 2 N–H and O–H groups in total. The number of aromatic nitrogens is 1. The van der Waals surface area contributed by atoms with Crippen LogP contribution in [-0.2, 0) is 11.3 Å². The summed E-state index contributed by atoms with van der Waals surface area (Å²) in [5, 5.41) is 5.88. The average Bonchev–Trinajstić information content (AvgIpc) is 2.77. The van der Waals surface area contributed by atoms with E-state index in [-0.39, 0.29) is 11.8 Å². The van der Waals surface area contributed by atoms with Gasteiger partial charge in [0.15, 0.2) is 0 Å². The van der Waals surface area contributed by atoms with Gasteiger partial charge in [-0.25, -0.2) is 0 Å². The van der Waals surface area contributed by atoms with Crippen LogP contribution in [0.4, 0.5) is 11.4 Å². The maximum atomic E-state index is 12.8. The molecule has 2 amide bonds. The quantitative estimate of drug-likeness (QED) is 0.436. The summed E-state index contributed by atoms with van der Waals surface area (Å²) >= 11 is 0. The van der Waals surface area contributed by atoms with Crippen molar-refractivity contribution >= 4 is 23.2 Å². The molecule has 0 spiro atoms. The Morgan fingerprint density at radius 3 is 2.42 bits per heavy atom. The maximum Gasteiger partial charge on any atom is 0.253 e. The molecule has 0 aliphatic carbocycles. The van der Waals surface area contributed by atoms with Gasteiger partial charge in [-0.05, 0) is 36.2 Å². The Morgan fingerprint density at radius 1 is 1.00 bits per heavy atom. The lowest BCUT2D eigenvalue weighted by Gasteiger charge is -2.18. The van der Waals surface area contributed by atoms with E-state index in [9.17, 15) is 9.59 Å². The van der Waals surface area contributed by atoms with E-state index in [0.717, 1.165) is 24.1 Å². The number of hydrogen-bond donors (Lipinski definition) is 2. The fourth-order valence-corrected chi connectivity index (χ4v) is 3.43. The molecular formula is C25H36N4O2. The molecule has 1 aromatic carbocycles. The molecule has 1 heterocycles. The fourth-order valence-electron chi connectivity index (χ4n) is 3.43. The summed E-state index contributed by atoms with van der Waals surface area (Å²) in [5.74, 6) is -0.191. The second kappa shape index (κ2) is 13.4. The van der Waals surface area contributed by atoms with Crippen molar-refractivity contribution in [1.29, 1.82) is 0 Å². The van der Waals surface area contributed by atoms with Crippen LogP contribution < -0.4 is 15.5 Å². The Bertz CT molecular complexity index is 822. The van der Waals surface area contributed by atoms with Crippen molar-refractivity contribution in [3.63, 3.8) is 0 Å². The van der Waals surface area contributed by atoms with Crippen LogP contribution in [0.25, 0.3) is 0 Å². The van der Waals surface area contributed by atoms with E-state index < -0.39 is 0 Å². The molecule has 6 nitrogen and oxygen atoms in total. The van der Waals surface area contributed by atoms with E-state index >= 15 is 0 Å². The fraction of sp³-hybridized carbons (Fsp3) is 0.480. The number of carbonyl (C=O) groups excluding carboxylic acids is 2. The van der Waals surface area contributed by atoms with Crippen LogP contribution in [0.3, 0.4) is 0 Å². The zero-order chi connectivity index (χ0) is 22.5. The predicted octanol–water partition coefficient (Wildman–Crippen LogP) is 5.16. The van der Waals surface area contributed by atoms with Gasteiger partial charge in [0.1, 0.15) is 0 Å². The minimum Gasteiger partial charge on any atom is -0.377 e. The number of unbranched alkanes of at least 4 members (excludes halogenated alkanes) is 6. The van der Waals surface area contributed by atoms with Crippen LogP contribution in [-0.4, -0.2) is 30.9 Å². The SMILES string of the molecule is CCCCCCCCCC(=O)Nc1ccc(N(C)C)c(C(=O)NCc2cccnc2)c1. The van der Waals surface area contributed by atoms with Crippen LogP contribution >= 0.6 is 0 Å². The number of benzene rings is 1. The van der Waals surface area contributed by atoms with E-state index in [2.05, 4.69) is 22.5 Å². The van der Waals surface area contributed by atoms with Gasteiger partial charge >= 0.3 is 0 Å². The van der Waals surface area contributed by atoms with Crippen molar-refractivity contribution in [2.45, 2.75) is 64.8 Å². The number of carbonyl (C=O) groups is 2. The zero-order valence-corrected chi connectivity index (χ0v) is 19.1. The molecule has 2 rings (SSSR count). The molecule has 0 unspecified atom stereocenters. The van der Waals surface area contributed by atoms with E-state index in [1.165, 1.54) is 32.1 Å². The monoisotopic (exact) mass is 424 g/mol. The number of hydrogen-bond acceptors (Lipinski definition) is 4. The number of nitrogens with one attached hydrogen (secondary N) is 2. The molecule has 168 valence electrons. The van der Waals surface area contributed by atoms with Crippen molar-refractivity contribution in [1.82, 2.24) is 10.3 Å². The summed E-state index contributed by atoms with van der Waals surface area (Å²) in [4.78, 5) is 31.1. The smallest absolute Gasteiger partial charge is 0.253 e. The molecule has 0 aliphatic heterocycles. The first-order valence-electron chi connectivity index (χ1n) is 11.3. The summed E-state index contributed by atoms with van der Waals surface area (Å²) in [7, 11) is 3.79. The Morgan fingerprint density at radius 2 is 1.74 bits per heavy atom. The first-order chi connectivity index (χ1) is 15.0. The number of nitrogens with zero attached hydrogens (tertiary/aromatic N) is 2. The van der Waals surface area contributed by atoms with Crippen molar-refractivity contribution in [2.24, 2.45) is 0 Å². The van der Waals surface area contributed by atoms with Crippen LogP contribution in [0.15, 0.2) is 42.7 Å². The molecule has 2 aromatic rings. The lowest BCUT2D eigenvalue weighted by Crippen LogP contribution is -2.25. The van der Waals surface area contributed by atoms with Gasteiger partial charge < -0.3 is 15.5 Å². The van der Waals surface area contributed by atoms with Gasteiger partial charge in [-0.1, -0.05) is 51.5 Å². The van der Waals surface area contributed by atoms with E-state index in [1.807, 2.05) is 43.3 Å². The summed E-state index contributed by atoms with van der Waals surface area (Å²) in [6.07, 6.45) is 12.2. The van der Waals surface area contributed by atoms with Crippen LogP contribution in [0.2, 0.25) is 0 Å². The van der Waals surface area contributed by atoms with Gasteiger partial charge in [-0.15, -0.1) is 0 Å². The summed E-state index contributed by atoms with van der Waals surface area (Å²) in [6, 6.07) is 9.21. The number of rotatable bonds is 13. The van der Waals surface area contributed by atoms with Crippen molar-refractivity contribution in [3.05, 3.63) is 53.9 Å². The van der Waals surface area contributed by atoms with Gasteiger partial charge in [0.2, 0.25) is 5.91 Å². The molecule has 0 saturated carbocycles. The average molecular weight is 425 g/mol. The van der Waals surface area contributed by atoms with E-state index in [0.29, 0.717) is 24.2 Å². The lowest BCUT2D eigenvalue weighted by atomic mass is 10.1. The van der Waals surface area contributed by atoms with Crippen LogP contribution in [0.1, 0.15) is 74.2 Å². The van der Waals surface area contributed by atoms with Crippen LogP contribution in [0.5, 0.6) is 0 Å². The molecular weight excluding hydrogens is 388 g/mol. The normalized spacial score (nSPS) is 10.5. The predicted molar refractivity (Wildman–Crippen MR) is 127 cm³/mol. The highest BCUT2D eigenvalue weighted by Crippen LogP contribution is 2.23. The molecule has 6 heteroatoms. The lowest BCUT2D eigenvalue weighted by molar-refractivity contribution is -0.116. The van der Waals surface area contributed by atoms with Gasteiger partial charge in [0.25, 0.3) is 5.91 Å². The summed E-state index contributed by atoms with van der Waals surface area (Å²) in [6.45, 7) is 2.61. The molecule has 0 aliphatic rings. The highest BCUT2D eigenvalue weighted by atomic mass is 16.2. The van der Waals surface area contributed by atoms with E-state index in [4.69, 9.17) is 0 Å². The highest BCUT2D eigenvalue weighted by molar-refractivity contribution is 6.02. The van der Waals surface area contributed by atoms with Crippen molar-refractivity contribution in [3.8, 4) is 0 Å². The molecule has 0 atom stereocenters. The van der Waals surface area contributed by atoms with Crippen LogP contribution in [0, 0.1) is 0 Å². The van der Waals surface area contributed by atoms with E-state index in [1.54, 1.807) is 18.5 Å². The van der Waals surface area contributed by atoms with Crippen molar-refractivity contribution < 1.29 is 9.59 Å². The number of pyridine rings is 1. The minimum atomic E-state index is -0.185. The summed E-state index contributed by atoms with van der Waals surface area (Å²) in [5.41, 5.74) is 2.91. The zero-order valence-electron chi connectivity index (χ0n) is 19.1. The third-order valence-electron chi connectivity index (χ3n) is 5.19. The Balaban J connectivity index is 1.91. The maximum absolute atomic E-state index is 12.8. The van der Waals surface area contributed by atoms with Gasteiger partial charge in [-0.2, -0.15) is 0 Å². The largest absolute Gasteiger partial charge is 0.377 e. The third-order valence-corrected chi connectivity index (χ3v) is 5.19. The first-order valence-corrected chi connectivity index (χ1v) is 11.3.